The number of likely N-dealkylation sites (N-methyl/N-ethyl adjacent to an activating group) is 2. The fraction of sp³-hybridized carbons (Fsp3) is 0.636. The molecule has 3 spiro atoms. The summed E-state index contributed by atoms with van der Waals surface area (Å²) in [7, 11) is 11.0. The number of anilines is 2. The van der Waals surface area contributed by atoms with Gasteiger partial charge in [0, 0.05) is 85.6 Å². The third kappa shape index (κ3) is 3.44. The molecule has 9 aliphatic heterocycles. The first-order valence-electron chi connectivity index (χ1n) is 20.4. The number of methoxy groups -OCH3 is 4. The molecular weight excluding hydrogens is 697 g/mol. The second kappa shape index (κ2) is 10.8. The Morgan fingerprint density at radius 2 is 1.33 bits per heavy atom. The van der Waals surface area contributed by atoms with Crippen LogP contribution in [0.15, 0.2) is 35.9 Å². The monoisotopic (exact) mass is 750 g/mol. The molecule has 2 saturated carbocycles. The zero-order valence-corrected chi connectivity index (χ0v) is 33.5. The number of carbonyl (C=O) groups is 2. The van der Waals surface area contributed by atoms with E-state index in [0.29, 0.717) is 0 Å². The molecule has 0 N–H and O–H groups in total. The van der Waals surface area contributed by atoms with E-state index in [1.807, 2.05) is 0 Å². The summed E-state index contributed by atoms with van der Waals surface area (Å²) in [4.78, 5) is 38.7. The molecule has 0 radical (unpaired) electrons. The van der Waals surface area contributed by atoms with Gasteiger partial charge in [0.05, 0.1) is 46.4 Å². The molecule has 0 amide bonds. The molecule has 8 bridgehead atoms. The predicted octanol–water partition coefficient (Wildman–Crippen LogP) is 5.08. The SMILES string of the molecule is CC=C1CN2CC[C@@]34c5cc(OC)c(-c6cc7c(cc6OC)N(C)[C@@]68CC[C@H]9[C@@H](C(=O)OC)[C@]76CCN8C[C@@]96O[C@H]6C)cc5N(C)[C@]23CC[C@@H]1[C@H]4C(=O)OC. The molecule has 9 heterocycles. The van der Waals surface area contributed by atoms with Gasteiger partial charge >= 0.3 is 11.9 Å². The molecule has 11 aliphatic rings. The van der Waals surface area contributed by atoms with Gasteiger partial charge in [-0.25, -0.2) is 0 Å². The molecule has 55 heavy (non-hydrogen) atoms. The fourth-order valence-electron chi connectivity index (χ4n) is 15.5. The minimum Gasteiger partial charge on any atom is -0.496 e. The lowest BCUT2D eigenvalue weighted by molar-refractivity contribution is -0.156. The van der Waals surface area contributed by atoms with Crippen molar-refractivity contribution in [3.63, 3.8) is 0 Å². The first-order chi connectivity index (χ1) is 26.5. The second-order valence-electron chi connectivity index (χ2n) is 18.0. The zero-order chi connectivity index (χ0) is 38.2. The quantitative estimate of drug-likeness (QED) is 0.233. The van der Waals surface area contributed by atoms with Crippen LogP contribution in [0.4, 0.5) is 11.4 Å². The van der Waals surface area contributed by atoms with Crippen molar-refractivity contribution in [3.05, 3.63) is 47.0 Å². The number of esters is 2. The highest BCUT2D eigenvalue weighted by molar-refractivity contribution is 5.90. The molecule has 9 fully saturated rings. The normalized spacial score (nSPS) is 43.9. The molecule has 0 aromatic heterocycles. The van der Waals surface area contributed by atoms with Crippen LogP contribution in [0.1, 0.15) is 63.5 Å². The van der Waals surface area contributed by atoms with Gasteiger partial charge < -0.3 is 33.5 Å². The van der Waals surface area contributed by atoms with Crippen molar-refractivity contribution in [1.29, 1.82) is 0 Å². The molecule has 7 saturated heterocycles. The summed E-state index contributed by atoms with van der Waals surface area (Å²) in [5.74, 6) is 0.835. The van der Waals surface area contributed by atoms with E-state index in [0.717, 1.165) is 98.7 Å². The van der Waals surface area contributed by atoms with E-state index in [1.54, 1.807) is 28.4 Å². The maximum atomic E-state index is 14.3. The van der Waals surface area contributed by atoms with Crippen LogP contribution in [-0.4, -0.2) is 113 Å². The maximum absolute atomic E-state index is 14.3. The van der Waals surface area contributed by atoms with E-state index < -0.39 is 10.8 Å². The highest BCUT2D eigenvalue weighted by Gasteiger charge is 2.82. The van der Waals surface area contributed by atoms with E-state index >= 15 is 0 Å². The van der Waals surface area contributed by atoms with Crippen molar-refractivity contribution in [2.45, 2.75) is 86.2 Å². The van der Waals surface area contributed by atoms with E-state index in [9.17, 15) is 9.59 Å². The molecule has 2 aromatic carbocycles. The van der Waals surface area contributed by atoms with E-state index in [1.165, 1.54) is 16.7 Å². The van der Waals surface area contributed by atoms with Gasteiger partial charge in [-0.2, -0.15) is 0 Å². The van der Waals surface area contributed by atoms with Gasteiger partial charge in [-0.15, -0.1) is 0 Å². The smallest absolute Gasteiger partial charge is 0.310 e. The molecule has 13 rings (SSSR count). The van der Waals surface area contributed by atoms with Crippen LogP contribution in [0.5, 0.6) is 11.5 Å². The summed E-state index contributed by atoms with van der Waals surface area (Å²) >= 11 is 0. The highest BCUT2D eigenvalue weighted by Crippen LogP contribution is 2.74. The lowest BCUT2D eigenvalue weighted by Crippen LogP contribution is -2.66. The Labute approximate surface area is 323 Å². The van der Waals surface area contributed by atoms with Crippen LogP contribution in [0.25, 0.3) is 11.1 Å². The Balaban J connectivity index is 1.13. The van der Waals surface area contributed by atoms with Crippen LogP contribution >= 0.6 is 0 Å². The largest absolute Gasteiger partial charge is 0.496 e. The van der Waals surface area contributed by atoms with Gasteiger partial charge in [-0.3, -0.25) is 19.4 Å². The number of rotatable bonds is 5. The number of carbonyl (C=O) groups excluding carboxylic acids is 2. The van der Waals surface area contributed by atoms with Gasteiger partial charge in [-0.05, 0) is 87.6 Å². The average Bonchev–Trinajstić information content (AvgIpc) is 3.54. The number of ether oxygens (including phenoxy) is 5. The zero-order valence-electron chi connectivity index (χ0n) is 33.5. The van der Waals surface area contributed by atoms with E-state index in [2.05, 4.69) is 77.9 Å². The fourth-order valence-corrected chi connectivity index (χ4v) is 15.5. The predicted molar refractivity (Wildman–Crippen MR) is 206 cm³/mol. The second-order valence-corrected chi connectivity index (χ2v) is 18.0. The van der Waals surface area contributed by atoms with Crippen molar-refractivity contribution >= 4 is 23.3 Å². The Morgan fingerprint density at radius 3 is 1.98 bits per heavy atom. The summed E-state index contributed by atoms with van der Waals surface area (Å²) < 4.78 is 30.6. The summed E-state index contributed by atoms with van der Waals surface area (Å²) in [6.45, 7) is 7.79. The van der Waals surface area contributed by atoms with E-state index in [-0.39, 0.29) is 58.6 Å². The van der Waals surface area contributed by atoms with Gasteiger partial charge in [0.1, 0.15) is 28.4 Å². The van der Waals surface area contributed by atoms with Crippen LogP contribution in [0.3, 0.4) is 0 Å². The summed E-state index contributed by atoms with van der Waals surface area (Å²) in [6, 6.07) is 9.06. The summed E-state index contributed by atoms with van der Waals surface area (Å²) in [6.07, 6.45) is 7.89. The molecule has 2 aliphatic carbocycles. The minimum absolute atomic E-state index is 0.0684. The Hall–Kier alpha value is -3.80. The third-order valence-corrected chi connectivity index (χ3v) is 17.4. The van der Waals surface area contributed by atoms with Crippen molar-refractivity contribution in [3.8, 4) is 22.6 Å². The Bertz CT molecular complexity index is 2120. The molecule has 12 atom stereocenters. The van der Waals surface area contributed by atoms with Gasteiger partial charge in [0.2, 0.25) is 0 Å². The molecular formula is C44H54N4O7. The van der Waals surface area contributed by atoms with Gasteiger partial charge in [0.25, 0.3) is 0 Å². The van der Waals surface area contributed by atoms with Crippen LogP contribution in [-0.2, 0) is 34.6 Å². The Kier molecular flexibility index (Phi) is 6.75. The van der Waals surface area contributed by atoms with Gasteiger partial charge in [0.15, 0.2) is 0 Å². The van der Waals surface area contributed by atoms with Crippen molar-refractivity contribution in [1.82, 2.24) is 9.80 Å². The van der Waals surface area contributed by atoms with Crippen molar-refractivity contribution < 1.29 is 33.3 Å². The number of hydrogen-bond acceptors (Lipinski definition) is 11. The van der Waals surface area contributed by atoms with Crippen LogP contribution in [0.2, 0.25) is 0 Å². The lowest BCUT2D eigenvalue weighted by Gasteiger charge is -2.54. The number of fused-ring (bicyclic) bond motifs is 5. The molecule has 2 unspecified atom stereocenters. The third-order valence-electron chi connectivity index (χ3n) is 17.4. The number of allylic oxidation sites excluding steroid dienone is 1. The topological polar surface area (TPSA) is 96.5 Å². The molecule has 11 heteroatoms. The van der Waals surface area contributed by atoms with Gasteiger partial charge in [-0.1, -0.05) is 11.6 Å². The summed E-state index contributed by atoms with van der Waals surface area (Å²) in [5.41, 5.74) is 5.85. The maximum Gasteiger partial charge on any atom is 0.310 e. The van der Waals surface area contributed by atoms with Crippen molar-refractivity contribution in [2.75, 3.05) is 78.5 Å². The van der Waals surface area contributed by atoms with E-state index in [4.69, 9.17) is 23.7 Å². The average molecular weight is 751 g/mol. The highest BCUT2D eigenvalue weighted by atomic mass is 16.6. The lowest BCUT2D eigenvalue weighted by atomic mass is 9.53. The van der Waals surface area contributed by atoms with Crippen LogP contribution < -0.4 is 19.3 Å². The molecule has 2 aromatic rings. The van der Waals surface area contributed by atoms with Crippen molar-refractivity contribution in [2.24, 2.45) is 23.7 Å². The van der Waals surface area contributed by atoms with Crippen LogP contribution in [0, 0.1) is 23.7 Å². The first-order valence-corrected chi connectivity index (χ1v) is 20.4. The number of benzene rings is 2. The summed E-state index contributed by atoms with van der Waals surface area (Å²) in [5, 5.41) is 0. The first kappa shape index (κ1) is 34.4. The minimum atomic E-state index is -0.487. The number of nitrogens with zero attached hydrogens (tertiary/aromatic N) is 4. The standard InChI is InChI=1S/C44H54N4O7/c1-9-25-22-47-16-14-40-31-20-34(51-5)28(19-32(31)45(3)43(40,47)12-10-26(25)36(40)38(49)53-7)27-18-30-33(21-35(27)52-6)46(4)44-13-11-29-37(39(50)54-8)41(30,44)15-17-48(44)23-42(29)24(2)55-42/h9,18-21,24,26,29,36-37H,10-17,22-23H2,1-8H3/t24-,26-,29-,36-,37-,40-,41-,42-,43+,44+/m0/s1. The Morgan fingerprint density at radius 1 is 0.764 bits per heavy atom. The molecule has 11 nitrogen and oxygen atoms in total. The molecule has 292 valence electrons. The number of epoxide rings is 1. The number of hydrogen-bond donors (Lipinski definition) is 0.